The molecule has 182 valence electrons. The highest BCUT2D eigenvalue weighted by Gasteiger charge is 2.24. The highest BCUT2D eigenvalue weighted by atomic mass is 35.5. The van der Waals surface area contributed by atoms with Crippen molar-refractivity contribution in [1.29, 1.82) is 5.26 Å². The molecule has 9 heteroatoms. The molecule has 0 bridgehead atoms. The third-order valence-corrected chi connectivity index (χ3v) is 6.01. The van der Waals surface area contributed by atoms with Crippen LogP contribution in [0.2, 0.25) is 10.0 Å². The molecule has 1 fully saturated rings. The van der Waals surface area contributed by atoms with Gasteiger partial charge in [-0.2, -0.15) is 5.26 Å². The van der Waals surface area contributed by atoms with Crippen LogP contribution >= 0.6 is 23.2 Å². The lowest BCUT2D eigenvalue weighted by molar-refractivity contribution is -0.116. The van der Waals surface area contributed by atoms with Gasteiger partial charge in [0.25, 0.3) is 0 Å². The molecule has 0 spiro atoms. The number of nitriles is 1. The number of carbonyl (C=O) groups excluding carboxylic acids is 2. The Bertz CT molecular complexity index is 964. The monoisotopic (exact) mass is 503 g/mol. The van der Waals surface area contributed by atoms with Crippen LogP contribution in [0.3, 0.4) is 0 Å². The van der Waals surface area contributed by atoms with Crippen molar-refractivity contribution in [3.63, 3.8) is 0 Å². The number of benzene rings is 2. The summed E-state index contributed by atoms with van der Waals surface area (Å²) < 4.78 is 0. The Hall–Kier alpha value is -2.79. The molecule has 0 unspecified atom stereocenters. The van der Waals surface area contributed by atoms with Gasteiger partial charge in [-0.15, -0.1) is 0 Å². The minimum absolute atomic E-state index is 0.0400. The van der Waals surface area contributed by atoms with Crippen molar-refractivity contribution < 1.29 is 9.59 Å². The standard InChI is InChI=1S/C22H25Cl2N3O2.C3H6N2/c1-2-4-20(28)25-17-9-7-15(8-10-17)16-11-13-27(14-12-16)22(29)26-21-18(23)5-3-6-19(21)24;4-2-1-3-5/h3,5-10,16H,2,4,11-14H2,1H3,(H,25,28)(H,26,29);1-2,4H2. The summed E-state index contributed by atoms with van der Waals surface area (Å²) in [6.07, 6.45) is 3.59. The van der Waals surface area contributed by atoms with E-state index in [1.165, 1.54) is 5.56 Å². The molecule has 0 aromatic heterocycles. The van der Waals surface area contributed by atoms with Gasteiger partial charge in [-0.3, -0.25) is 4.79 Å². The molecule has 1 aliphatic rings. The van der Waals surface area contributed by atoms with Gasteiger partial charge in [0, 0.05) is 38.2 Å². The molecule has 0 saturated carbocycles. The van der Waals surface area contributed by atoms with E-state index in [0.29, 0.717) is 54.1 Å². The fourth-order valence-corrected chi connectivity index (χ4v) is 4.06. The number of rotatable bonds is 6. The number of nitrogens with zero attached hydrogens (tertiary/aromatic N) is 2. The van der Waals surface area contributed by atoms with E-state index in [1.807, 2.05) is 25.1 Å². The van der Waals surface area contributed by atoms with E-state index in [2.05, 4.69) is 22.8 Å². The van der Waals surface area contributed by atoms with E-state index >= 15 is 0 Å². The average Bonchev–Trinajstić information content (AvgIpc) is 2.83. The van der Waals surface area contributed by atoms with E-state index in [-0.39, 0.29) is 11.9 Å². The van der Waals surface area contributed by atoms with Gasteiger partial charge in [0.05, 0.1) is 21.8 Å². The second-order valence-electron chi connectivity index (χ2n) is 7.91. The second kappa shape index (κ2) is 14.5. The summed E-state index contributed by atoms with van der Waals surface area (Å²) in [6, 6.07) is 14.9. The second-order valence-corrected chi connectivity index (χ2v) is 8.72. The van der Waals surface area contributed by atoms with Gasteiger partial charge in [0.2, 0.25) is 5.91 Å². The summed E-state index contributed by atoms with van der Waals surface area (Å²) >= 11 is 12.3. The van der Waals surface area contributed by atoms with E-state index in [0.717, 1.165) is 24.9 Å². The number of urea groups is 1. The van der Waals surface area contributed by atoms with Crippen molar-refractivity contribution >= 4 is 46.5 Å². The van der Waals surface area contributed by atoms with Gasteiger partial charge < -0.3 is 21.3 Å². The molecule has 0 atom stereocenters. The van der Waals surface area contributed by atoms with Crippen molar-refractivity contribution in [3.8, 4) is 6.07 Å². The lowest BCUT2D eigenvalue weighted by Crippen LogP contribution is -2.40. The molecule has 7 nitrogen and oxygen atoms in total. The zero-order valence-corrected chi connectivity index (χ0v) is 20.8. The molecular formula is C25H31Cl2N5O2. The first-order valence-electron chi connectivity index (χ1n) is 11.4. The molecule has 2 aromatic rings. The van der Waals surface area contributed by atoms with Crippen molar-refractivity contribution in [2.45, 2.75) is 44.9 Å². The molecule has 1 saturated heterocycles. The number of nitrogens with two attached hydrogens (primary N) is 1. The molecule has 1 aliphatic heterocycles. The fraction of sp³-hybridized carbons (Fsp3) is 0.400. The van der Waals surface area contributed by atoms with E-state index in [9.17, 15) is 9.59 Å². The number of carbonyl (C=O) groups is 2. The number of piperidine rings is 1. The number of amides is 3. The lowest BCUT2D eigenvalue weighted by atomic mass is 9.89. The summed E-state index contributed by atoms with van der Waals surface area (Å²) in [6.45, 7) is 3.79. The topological polar surface area (TPSA) is 111 Å². The number of nitrogens with one attached hydrogen (secondary N) is 2. The van der Waals surface area contributed by atoms with Crippen LogP contribution in [-0.4, -0.2) is 36.5 Å². The van der Waals surface area contributed by atoms with Crippen LogP contribution in [0.1, 0.15) is 50.5 Å². The molecule has 3 rings (SSSR count). The van der Waals surface area contributed by atoms with Crippen molar-refractivity contribution in [1.82, 2.24) is 4.90 Å². The first-order chi connectivity index (χ1) is 16.4. The summed E-state index contributed by atoms with van der Waals surface area (Å²) in [5.41, 5.74) is 7.41. The third kappa shape index (κ3) is 8.53. The largest absolute Gasteiger partial charge is 0.329 e. The number of anilines is 2. The van der Waals surface area contributed by atoms with Gasteiger partial charge in [0.15, 0.2) is 0 Å². The van der Waals surface area contributed by atoms with Crippen LogP contribution < -0.4 is 16.4 Å². The highest BCUT2D eigenvalue weighted by molar-refractivity contribution is 6.39. The zero-order valence-electron chi connectivity index (χ0n) is 19.3. The molecule has 0 aliphatic carbocycles. The van der Waals surface area contributed by atoms with Crippen LogP contribution in [-0.2, 0) is 4.79 Å². The molecular weight excluding hydrogens is 473 g/mol. The third-order valence-electron chi connectivity index (χ3n) is 5.38. The number of hydrogen-bond acceptors (Lipinski definition) is 4. The zero-order chi connectivity index (χ0) is 24.9. The maximum Gasteiger partial charge on any atom is 0.321 e. The predicted octanol–water partition coefficient (Wildman–Crippen LogP) is 6.00. The number of hydrogen-bond donors (Lipinski definition) is 3. The number of halogens is 2. The molecule has 4 N–H and O–H groups in total. The minimum Gasteiger partial charge on any atom is -0.329 e. The van der Waals surface area contributed by atoms with Gasteiger partial charge in [-0.25, -0.2) is 4.79 Å². The summed E-state index contributed by atoms with van der Waals surface area (Å²) in [5, 5.41) is 14.3. The molecule has 1 heterocycles. The molecule has 2 aromatic carbocycles. The predicted molar refractivity (Wildman–Crippen MR) is 138 cm³/mol. The Morgan fingerprint density at radius 3 is 2.21 bits per heavy atom. The maximum absolute atomic E-state index is 12.6. The fourth-order valence-electron chi connectivity index (χ4n) is 3.57. The summed E-state index contributed by atoms with van der Waals surface area (Å²) in [7, 11) is 0. The quantitative estimate of drug-likeness (QED) is 0.448. The Morgan fingerprint density at radius 2 is 1.71 bits per heavy atom. The Morgan fingerprint density at radius 1 is 1.09 bits per heavy atom. The van der Waals surface area contributed by atoms with Crippen LogP contribution in [0.5, 0.6) is 0 Å². The van der Waals surface area contributed by atoms with Gasteiger partial charge in [-0.1, -0.05) is 48.3 Å². The van der Waals surface area contributed by atoms with Crippen LogP contribution in [0.25, 0.3) is 0 Å². The van der Waals surface area contributed by atoms with Crippen molar-refractivity contribution in [2.75, 3.05) is 30.3 Å². The normalized spacial score (nSPS) is 13.3. The van der Waals surface area contributed by atoms with Crippen LogP contribution in [0, 0.1) is 11.3 Å². The Kier molecular flexibility index (Phi) is 11.7. The van der Waals surface area contributed by atoms with E-state index in [4.69, 9.17) is 34.2 Å². The Balaban J connectivity index is 0.000000739. The smallest absolute Gasteiger partial charge is 0.321 e. The number of para-hydroxylation sites is 1. The Labute approximate surface area is 211 Å². The van der Waals surface area contributed by atoms with E-state index in [1.54, 1.807) is 23.1 Å². The average molecular weight is 504 g/mol. The van der Waals surface area contributed by atoms with Crippen LogP contribution in [0.4, 0.5) is 16.2 Å². The summed E-state index contributed by atoms with van der Waals surface area (Å²) in [5.74, 6) is 0.432. The van der Waals surface area contributed by atoms with Crippen molar-refractivity contribution in [3.05, 3.63) is 58.1 Å². The van der Waals surface area contributed by atoms with Crippen molar-refractivity contribution in [2.24, 2.45) is 5.73 Å². The van der Waals surface area contributed by atoms with Gasteiger partial charge >= 0.3 is 6.03 Å². The maximum atomic E-state index is 12.6. The minimum atomic E-state index is -0.188. The van der Waals surface area contributed by atoms with Gasteiger partial charge in [-0.05, 0) is 55.0 Å². The molecule has 0 radical (unpaired) electrons. The number of likely N-dealkylation sites (tertiary alicyclic amines) is 1. The van der Waals surface area contributed by atoms with Crippen LogP contribution in [0.15, 0.2) is 42.5 Å². The first-order valence-corrected chi connectivity index (χ1v) is 12.1. The molecule has 3 amide bonds. The molecule has 34 heavy (non-hydrogen) atoms. The van der Waals surface area contributed by atoms with Gasteiger partial charge in [0.1, 0.15) is 0 Å². The summed E-state index contributed by atoms with van der Waals surface area (Å²) in [4.78, 5) is 26.1. The van der Waals surface area contributed by atoms with E-state index < -0.39 is 0 Å². The highest BCUT2D eigenvalue weighted by Crippen LogP contribution is 2.32. The first kappa shape index (κ1) is 27.5. The lowest BCUT2D eigenvalue weighted by Gasteiger charge is -2.32. The SMILES string of the molecule is CCCC(=O)Nc1ccc(C2CCN(C(=O)Nc3c(Cl)cccc3Cl)CC2)cc1.N#CCCN.